The first kappa shape index (κ1) is 11.8. The Labute approximate surface area is 76.7 Å². The first-order valence-electron chi connectivity index (χ1n) is 4.47. The van der Waals surface area contributed by atoms with Crippen LogP contribution in [-0.2, 0) is 0 Å². The number of aliphatic hydroxyl groups is 1. The minimum Gasteiger partial charge on any atom is -0.388 e. The quantitative estimate of drug-likeness (QED) is 0.532. The lowest BCUT2D eigenvalue weighted by Crippen LogP contribution is -2.54. The van der Waals surface area contributed by atoms with E-state index in [9.17, 15) is 5.11 Å². The topological polar surface area (TPSA) is 32.6 Å². The fourth-order valence-corrected chi connectivity index (χ4v) is 2.10. The predicted molar refractivity (Wildman–Crippen MR) is 57.6 cm³/mol. The molecule has 0 aliphatic heterocycles. The van der Waals surface area contributed by atoms with Crippen molar-refractivity contribution < 1.29 is 5.11 Å². The summed E-state index contributed by atoms with van der Waals surface area (Å²) in [6.07, 6.45) is 0. The summed E-state index contributed by atoms with van der Waals surface area (Å²) in [7, 11) is -1.56. The molecule has 2 nitrogen and oxygen atoms in total. The first-order valence-corrected chi connectivity index (χ1v) is 7.97. The number of hydrogen-bond acceptors (Lipinski definition) is 2. The Morgan fingerprint density at radius 1 is 1.42 bits per heavy atom. The molecule has 72 valence electrons. The lowest BCUT2D eigenvalue weighted by Gasteiger charge is -2.35. The summed E-state index contributed by atoms with van der Waals surface area (Å²) < 4.78 is 0. The average Bonchev–Trinajstić information content (AvgIpc) is 1.85. The second-order valence-electron chi connectivity index (χ2n) is 4.38. The SMILES string of the molecule is CCN=C(C)C(C)(O)[Si](C)(C)C. The van der Waals surface area contributed by atoms with Gasteiger partial charge in [0, 0.05) is 12.3 Å². The van der Waals surface area contributed by atoms with E-state index in [2.05, 4.69) is 24.6 Å². The third kappa shape index (κ3) is 2.42. The maximum absolute atomic E-state index is 10.2. The molecule has 0 rings (SSSR count). The monoisotopic (exact) mass is 187 g/mol. The van der Waals surface area contributed by atoms with E-state index in [-0.39, 0.29) is 0 Å². The van der Waals surface area contributed by atoms with Gasteiger partial charge in [-0.3, -0.25) is 4.99 Å². The van der Waals surface area contributed by atoms with Gasteiger partial charge in [-0.05, 0) is 20.8 Å². The molecule has 0 aromatic rings. The molecule has 0 saturated heterocycles. The van der Waals surface area contributed by atoms with Crippen molar-refractivity contribution in [2.75, 3.05) is 6.54 Å². The van der Waals surface area contributed by atoms with Crippen LogP contribution in [0.1, 0.15) is 20.8 Å². The third-order valence-electron chi connectivity index (χ3n) is 2.56. The molecule has 3 heteroatoms. The van der Waals surface area contributed by atoms with E-state index in [0.29, 0.717) is 0 Å². The molecule has 0 fully saturated rings. The van der Waals surface area contributed by atoms with Crippen LogP contribution in [0.3, 0.4) is 0 Å². The van der Waals surface area contributed by atoms with E-state index in [4.69, 9.17) is 0 Å². The lowest BCUT2D eigenvalue weighted by molar-refractivity contribution is 0.206. The fourth-order valence-electron chi connectivity index (χ4n) is 0.934. The van der Waals surface area contributed by atoms with Crippen molar-refractivity contribution in [1.82, 2.24) is 0 Å². The van der Waals surface area contributed by atoms with Crippen molar-refractivity contribution in [3.05, 3.63) is 0 Å². The number of nitrogens with zero attached hydrogens (tertiary/aromatic N) is 1. The van der Waals surface area contributed by atoms with E-state index in [1.54, 1.807) is 0 Å². The van der Waals surface area contributed by atoms with Crippen LogP contribution in [0.4, 0.5) is 0 Å². The van der Waals surface area contributed by atoms with Crippen LogP contribution in [0.5, 0.6) is 0 Å². The highest BCUT2D eigenvalue weighted by Crippen LogP contribution is 2.21. The maximum Gasteiger partial charge on any atom is 0.0889 e. The van der Waals surface area contributed by atoms with Gasteiger partial charge in [0.25, 0.3) is 0 Å². The number of rotatable bonds is 3. The van der Waals surface area contributed by atoms with Crippen molar-refractivity contribution in [2.45, 2.75) is 45.6 Å². The van der Waals surface area contributed by atoms with Crippen molar-refractivity contribution in [2.24, 2.45) is 4.99 Å². The highest BCUT2D eigenvalue weighted by Gasteiger charge is 2.39. The molecule has 1 unspecified atom stereocenters. The summed E-state index contributed by atoms with van der Waals surface area (Å²) in [6.45, 7) is 13.0. The van der Waals surface area contributed by atoms with E-state index in [1.165, 1.54) is 0 Å². The van der Waals surface area contributed by atoms with Crippen LogP contribution >= 0.6 is 0 Å². The summed E-state index contributed by atoms with van der Waals surface area (Å²) in [5.41, 5.74) is 0.879. The first-order chi connectivity index (χ1) is 5.23. The number of hydrogen-bond donors (Lipinski definition) is 1. The van der Waals surface area contributed by atoms with Crippen molar-refractivity contribution in [3.63, 3.8) is 0 Å². The molecular weight excluding hydrogens is 166 g/mol. The van der Waals surface area contributed by atoms with Gasteiger partial charge in [-0.15, -0.1) is 0 Å². The van der Waals surface area contributed by atoms with E-state index < -0.39 is 13.3 Å². The summed E-state index contributed by atoms with van der Waals surface area (Å²) in [6, 6.07) is 0. The molecule has 0 aliphatic carbocycles. The molecule has 0 aromatic heterocycles. The molecule has 0 heterocycles. The second kappa shape index (κ2) is 3.71. The van der Waals surface area contributed by atoms with Gasteiger partial charge >= 0.3 is 0 Å². The van der Waals surface area contributed by atoms with Gasteiger partial charge in [0.1, 0.15) is 0 Å². The zero-order chi connectivity index (χ0) is 9.99. The summed E-state index contributed by atoms with van der Waals surface area (Å²) in [5, 5.41) is 9.52. The molecule has 1 atom stereocenters. The normalized spacial score (nSPS) is 19.1. The molecule has 0 radical (unpaired) electrons. The molecular formula is C9H21NOSi. The van der Waals surface area contributed by atoms with Gasteiger partial charge in [0.2, 0.25) is 0 Å². The van der Waals surface area contributed by atoms with E-state index >= 15 is 0 Å². The molecule has 0 bridgehead atoms. The summed E-state index contributed by atoms with van der Waals surface area (Å²) in [5.74, 6) is 0. The zero-order valence-electron chi connectivity index (χ0n) is 9.10. The third-order valence-corrected chi connectivity index (χ3v) is 5.84. The standard InChI is InChI=1S/C9H21NOSi/c1-7-10-8(2)9(3,11)12(4,5)6/h11H,7H2,1-6H3. The lowest BCUT2D eigenvalue weighted by atomic mass is 10.2. The smallest absolute Gasteiger partial charge is 0.0889 e. The van der Waals surface area contributed by atoms with Crippen molar-refractivity contribution in [1.29, 1.82) is 0 Å². The Balaban J connectivity index is 4.73. The highest BCUT2D eigenvalue weighted by molar-refractivity contribution is 6.82. The van der Waals surface area contributed by atoms with Crippen LogP contribution in [0, 0.1) is 0 Å². The molecule has 0 aromatic carbocycles. The second-order valence-corrected chi connectivity index (χ2v) is 9.86. The minimum absolute atomic E-state index is 0.664. The van der Waals surface area contributed by atoms with Crippen molar-refractivity contribution in [3.8, 4) is 0 Å². The number of aliphatic imine (C=N–C) groups is 1. The van der Waals surface area contributed by atoms with Crippen LogP contribution in [-0.4, -0.2) is 30.7 Å². The van der Waals surface area contributed by atoms with E-state index in [0.717, 1.165) is 12.3 Å². The maximum atomic E-state index is 10.2. The minimum atomic E-state index is -1.56. The zero-order valence-corrected chi connectivity index (χ0v) is 10.1. The molecule has 0 spiro atoms. The fraction of sp³-hybridized carbons (Fsp3) is 0.889. The van der Waals surface area contributed by atoms with Gasteiger partial charge in [-0.25, -0.2) is 0 Å². The van der Waals surface area contributed by atoms with E-state index in [1.807, 2.05) is 20.8 Å². The van der Waals surface area contributed by atoms with Gasteiger partial charge in [0.15, 0.2) is 0 Å². The molecule has 0 amide bonds. The van der Waals surface area contributed by atoms with Crippen LogP contribution in [0.2, 0.25) is 19.6 Å². The van der Waals surface area contributed by atoms with Crippen LogP contribution < -0.4 is 0 Å². The van der Waals surface area contributed by atoms with Crippen LogP contribution in [0.15, 0.2) is 4.99 Å². The largest absolute Gasteiger partial charge is 0.388 e. The van der Waals surface area contributed by atoms with Gasteiger partial charge in [-0.2, -0.15) is 0 Å². The average molecular weight is 187 g/mol. The van der Waals surface area contributed by atoms with Crippen molar-refractivity contribution >= 4 is 13.8 Å². The molecule has 12 heavy (non-hydrogen) atoms. The Hall–Kier alpha value is -0.153. The molecule has 0 saturated carbocycles. The van der Waals surface area contributed by atoms with Gasteiger partial charge in [0.05, 0.1) is 13.3 Å². The summed E-state index contributed by atoms with van der Waals surface area (Å²) >= 11 is 0. The van der Waals surface area contributed by atoms with Gasteiger partial charge < -0.3 is 5.11 Å². The molecule has 1 N–H and O–H groups in total. The van der Waals surface area contributed by atoms with Crippen LogP contribution in [0.25, 0.3) is 0 Å². The molecule has 0 aliphatic rings. The Morgan fingerprint density at radius 3 is 2.08 bits per heavy atom. The van der Waals surface area contributed by atoms with Gasteiger partial charge in [-0.1, -0.05) is 19.6 Å². The Kier molecular flexibility index (Phi) is 3.66. The Morgan fingerprint density at radius 2 is 1.83 bits per heavy atom. The predicted octanol–water partition coefficient (Wildman–Crippen LogP) is 2.10. The highest BCUT2D eigenvalue weighted by atomic mass is 28.3. The summed E-state index contributed by atoms with van der Waals surface area (Å²) in [4.78, 5) is 4.26. The Bertz CT molecular complexity index is 179.